The molecule has 0 bridgehead atoms. The molecule has 8 nitrogen and oxygen atoms in total. The molecular formula is C29H31BrN6O2S. The number of hydrogen-bond acceptors (Lipinski definition) is 6. The Morgan fingerprint density at radius 1 is 1.08 bits per heavy atom. The van der Waals surface area contributed by atoms with E-state index < -0.39 is 0 Å². The molecule has 0 unspecified atom stereocenters. The summed E-state index contributed by atoms with van der Waals surface area (Å²) in [6, 6.07) is 13.3. The number of benzene rings is 2. The zero-order chi connectivity index (χ0) is 27.5. The van der Waals surface area contributed by atoms with Gasteiger partial charge in [0.25, 0.3) is 5.91 Å². The second kappa shape index (κ2) is 11.8. The molecule has 0 atom stereocenters. The number of carbonyl (C=O) groups excluding carboxylic acids is 2. The highest BCUT2D eigenvalue weighted by atomic mass is 79.9. The standard InChI is InChI=1S/C27H25BrN6O2S.C2H6/c1-16-5-10-19(13-20(16)28)34-24-21-22(32-27(34)36)23(37-26(21)30-15-29-24)25(35)31-18-8-6-17(7-9-18)14-33-11-3-2-4-12-33;1-2/h5-10,13,15H,2-4,11-12,14H2,1H3,(H,31,35)(H,32,36);1-2H3. The van der Waals surface area contributed by atoms with Crippen LogP contribution in [-0.2, 0) is 6.54 Å². The molecular weight excluding hydrogens is 576 g/mol. The van der Waals surface area contributed by atoms with Crippen LogP contribution < -0.4 is 15.5 Å². The van der Waals surface area contributed by atoms with Gasteiger partial charge >= 0.3 is 6.03 Å². The lowest BCUT2D eigenvalue weighted by Crippen LogP contribution is -2.35. The van der Waals surface area contributed by atoms with Gasteiger partial charge in [-0.05, 0) is 68.2 Å². The average molecular weight is 608 g/mol. The summed E-state index contributed by atoms with van der Waals surface area (Å²) in [5.74, 6) is 0.163. The lowest BCUT2D eigenvalue weighted by Gasteiger charge is -2.27. The number of nitrogens with zero attached hydrogens (tertiary/aromatic N) is 4. The van der Waals surface area contributed by atoms with Crippen molar-refractivity contribution in [1.29, 1.82) is 0 Å². The van der Waals surface area contributed by atoms with E-state index in [9.17, 15) is 9.59 Å². The van der Waals surface area contributed by atoms with Crippen LogP contribution in [0, 0.1) is 6.92 Å². The first-order valence-corrected chi connectivity index (χ1v) is 14.9. The van der Waals surface area contributed by atoms with Crippen molar-refractivity contribution in [3.8, 4) is 0 Å². The van der Waals surface area contributed by atoms with Gasteiger partial charge in [0, 0.05) is 16.7 Å². The molecule has 4 heterocycles. The van der Waals surface area contributed by atoms with Crippen LogP contribution in [-0.4, -0.2) is 39.9 Å². The van der Waals surface area contributed by atoms with E-state index in [2.05, 4.69) is 53.6 Å². The highest BCUT2D eigenvalue weighted by Gasteiger charge is 2.34. The number of aromatic nitrogens is 2. The minimum absolute atomic E-state index is 0.292. The molecule has 2 aromatic carbocycles. The molecule has 0 aliphatic carbocycles. The number of hydrogen-bond donors (Lipinski definition) is 2. The number of carbonyl (C=O) groups is 2. The van der Waals surface area contributed by atoms with Crippen molar-refractivity contribution in [2.45, 2.75) is 46.6 Å². The molecule has 2 aromatic heterocycles. The van der Waals surface area contributed by atoms with Gasteiger partial charge < -0.3 is 10.6 Å². The SMILES string of the molecule is CC.Cc1ccc(N2C(=O)Nc3c(C(=O)Nc4ccc(CN5CCCCC5)cc4)sc4ncnc2c34)cc1Br. The summed E-state index contributed by atoms with van der Waals surface area (Å²) in [5.41, 5.74) is 4.11. The zero-order valence-electron chi connectivity index (χ0n) is 22.3. The second-order valence-corrected chi connectivity index (χ2v) is 11.2. The topological polar surface area (TPSA) is 90.5 Å². The van der Waals surface area contributed by atoms with Crippen LogP contribution in [0.3, 0.4) is 0 Å². The van der Waals surface area contributed by atoms with Crippen molar-refractivity contribution in [2.24, 2.45) is 0 Å². The van der Waals surface area contributed by atoms with Gasteiger partial charge in [-0.1, -0.05) is 54.4 Å². The fourth-order valence-electron chi connectivity index (χ4n) is 4.84. The fourth-order valence-corrected chi connectivity index (χ4v) is 6.20. The molecule has 202 valence electrons. The van der Waals surface area contributed by atoms with Crippen LogP contribution >= 0.6 is 27.3 Å². The van der Waals surface area contributed by atoms with E-state index in [4.69, 9.17) is 0 Å². The Balaban J connectivity index is 0.00000151. The van der Waals surface area contributed by atoms with E-state index in [-0.39, 0.29) is 11.9 Å². The lowest BCUT2D eigenvalue weighted by atomic mass is 10.1. The zero-order valence-corrected chi connectivity index (χ0v) is 24.7. The number of thiophene rings is 1. The maximum atomic E-state index is 13.3. The third-order valence-electron chi connectivity index (χ3n) is 6.80. The van der Waals surface area contributed by atoms with Gasteiger partial charge in [0.05, 0.1) is 16.8 Å². The van der Waals surface area contributed by atoms with E-state index in [0.717, 1.165) is 29.7 Å². The molecule has 1 fully saturated rings. The number of amides is 3. The van der Waals surface area contributed by atoms with E-state index in [1.165, 1.54) is 47.4 Å². The molecule has 4 aromatic rings. The third kappa shape index (κ3) is 5.54. The molecule has 0 spiro atoms. The molecule has 1 saturated heterocycles. The van der Waals surface area contributed by atoms with Crippen LogP contribution in [0.1, 0.15) is 53.9 Å². The predicted molar refractivity (Wildman–Crippen MR) is 162 cm³/mol. The van der Waals surface area contributed by atoms with Crippen molar-refractivity contribution in [2.75, 3.05) is 28.6 Å². The Bertz CT molecular complexity index is 1510. The first-order valence-electron chi connectivity index (χ1n) is 13.3. The van der Waals surface area contributed by atoms with E-state index >= 15 is 0 Å². The van der Waals surface area contributed by atoms with Gasteiger partial charge in [-0.15, -0.1) is 11.3 Å². The average Bonchev–Trinajstić information content (AvgIpc) is 3.33. The summed E-state index contributed by atoms with van der Waals surface area (Å²) >= 11 is 4.78. The van der Waals surface area contributed by atoms with E-state index in [1.54, 1.807) is 0 Å². The van der Waals surface area contributed by atoms with Crippen molar-refractivity contribution in [1.82, 2.24) is 14.9 Å². The largest absolute Gasteiger partial charge is 0.332 e. The number of anilines is 4. The van der Waals surface area contributed by atoms with Gasteiger partial charge in [0.15, 0.2) is 5.82 Å². The highest BCUT2D eigenvalue weighted by Crippen LogP contribution is 2.45. The Kier molecular flexibility index (Phi) is 8.25. The Hall–Kier alpha value is -3.34. The maximum absolute atomic E-state index is 13.3. The first kappa shape index (κ1) is 27.2. The molecule has 10 heteroatoms. The molecule has 2 aliphatic heterocycles. The summed E-state index contributed by atoms with van der Waals surface area (Å²) in [4.78, 5) is 40.4. The molecule has 2 N–H and O–H groups in total. The molecule has 6 rings (SSSR count). The summed E-state index contributed by atoms with van der Waals surface area (Å²) in [5, 5.41) is 6.55. The van der Waals surface area contributed by atoms with E-state index in [0.29, 0.717) is 38.0 Å². The quantitative estimate of drug-likeness (QED) is 0.243. The number of piperidine rings is 1. The molecule has 0 saturated carbocycles. The summed E-state index contributed by atoms with van der Waals surface area (Å²) in [6.07, 6.45) is 5.26. The van der Waals surface area contributed by atoms with Crippen LogP contribution in [0.4, 0.5) is 27.7 Å². The summed E-state index contributed by atoms with van der Waals surface area (Å²) < 4.78 is 0.890. The maximum Gasteiger partial charge on any atom is 0.332 e. The molecule has 2 aliphatic rings. The minimum Gasteiger partial charge on any atom is -0.321 e. The Morgan fingerprint density at radius 3 is 2.54 bits per heavy atom. The normalized spacial score (nSPS) is 15.0. The smallest absolute Gasteiger partial charge is 0.321 e. The number of halogens is 1. The number of aryl methyl sites for hydroxylation is 1. The van der Waals surface area contributed by atoms with Crippen molar-refractivity contribution >= 4 is 72.3 Å². The summed E-state index contributed by atoms with van der Waals surface area (Å²) in [6.45, 7) is 9.19. The minimum atomic E-state index is -0.377. The van der Waals surface area contributed by atoms with Gasteiger partial charge in [0.2, 0.25) is 0 Å². The highest BCUT2D eigenvalue weighted by molar-refractivity contribution is 9.10. The molecule has 3 amide bonds. The van der Waals surface area contributed by atoms with Gasteiger partial charge in [-0.2, -0.15) is 0 Å². The summed E-state index contributed by atoms with van der Waals surface area (Å²) in [7, 11) is 0. The van der Waals surface area contributed by atoms with Crippen LogP contribution in [0.5, 0.6) is 0 Å². The molecule has 39 heavy (non-hydrogen) atoms. The lowest BCUT2D eigenvalue weighted by molar-refractivity contribution is 0.103. The van der Waals surface area contributed by atoms with Crippen LogP contribution in [0.25, 0.3) is 10.2 Å². The van der Waals surface area contributed by atoms with Crippen LogP contribution in [0.15, 0.2) is 53.3 Å². The van der Waals surface area contributed by atoms with Crippen LogP contribution in [0.2, 0.25) is 0 Å². The third-order valence-corrected chi connectivity index (χ3v) is 8.75. The van der Waals surface area contributed by atoms with Gasteiger partial charge in [-0.3, -0.25) is 9.69 Å². The van der Waals surface area contributed by atoms with Gasteiger partial charge in [0.1, 0.15) is 16.0 Å². The number of urea groups is 1. The van der Waals surface area contributed by atoms with E-state index in [1.807, 2.05) is 51.1 Å². The van der Waals surface area contributed by atoms with Gasteiger partial charge in [-0.25, -0.2) is 19.7 Å². The second-order valence-electron chi connectivity index (χ2n) is 9.37. The monoisotopic (exact) mass is 606 g/mol. The Morgan fingerprint density at radius 2 is 1.82 bits per heavy atom. The number of rotatable bonds is 5. The van der Waals surface area contributed by atoms with Crippen molar-refractivity contribution in [3.63, 3.8) is 0 Å². The Labute approximate surface area is 240 Å². The predicted octanol–water partition coefficient (Wildman–Crippen LogP) is 7.71. The molecule has 0 radical (unpaired) electrons. The fraction of sp³-hybridized carbons (Fsp3) is 0.310. The van der Waals surface area contributed by atoms with Crippen molar-refractivity contribution < 1.29 is 9.59 Å². The first-order chi connectivity index (χ1) is 19.0. The number of nitrogens with one attached hydrogen (secondary N) is 2. The van der Waals surface area contributed by atoms with Crippen molar-refractivity contribution in [3.05, 3.63) is 69.3 Å². The number of likely N-dealkylation sites (tertiary alicyclic amines) is 1.